The fourth-order valence-electron chi connectivity index (χ4n) is 5.14. The number of ether oxygens (including phenoxy) is 2. The number of nitrogen functional groups attached to an aromatic ring is 2. The molecule has 20 nitrogen and oxygen atoms in total. The maximum Gasteiger partial charge on any atom is 0.472 e. The normalized spacial score (nSPS) is 34.4. The molecule has 6 rings (SSSR count). The third-order valence-electron chi connectivity index (χ3n) is 7.56. The zero-order valence-corrected chi connectivity index (χ0v) is 23.6. The molecule has 2 saturated heterocycles. The van der Waals surface area contributed by atoms with Crippen molar-refractivity contribution >= 4 is 41.9 Å². The minimum Gasteiger partial charge on any atom is -0.390 e. The summed E-state index contributed by atoms with van der Waals surface area (Å²) in [4.78, 5) is 44.9. The number of rotatable bonds is 3. The van der Waals surface area contributed by atoms with Gasteiger partial charge in [0.2, 0.25) is 5.95 Å². The Balaban J connectivity index is 1.30. The van der Waals surface area contributed by atoms with E-state index < -0.39 is 81.7 Å². The number of phosphoric acid groups is 1. The number of aliphatic hydroxyl groups excluding tert-OH is 3. The number of H-pyrrole nitrogens is 1. The molecule has 238 valence electrons. The number of fused-ring (bicyclic) bond motifs is 3. The number of nitrogens with zero attached hydrogens (tertiary/aromatic N) is 7. The molecule has 0 bridgehead atoms. The highest BCUT2D eigenvalue weighted by Gasteiger charge is 2.50. The fourth-order valence-corrected chi connectivity index (χ4v) is 6.07. The smallest absolute Gasteiger partial charge is 0.390 e. The van der Waals surface area contributed by atoms with E-state index >= 15 is 4.39 Å². The molecule has 2 aliphatic heterocycles. The Labute approximate surface area is 245 Å². The van der Waals surface area contributed by atoms with Crippen LogP contribution < -0.4 is 17.0 Å². The highest BCUT2D eigenvalue weighted by Crippen LogP contribution is 2.49. The molecule has 10 atom stereocenters. The second-order valence-electron chi connectivity index (χ2n) is 10.3. The monoisotopic (exact) mass is 642 g/mol. The Bertz CT molecular complexity index is 1790. The van der Waals surface area contributed by atoms with Gasteiger partial charge in [0.1, 0.15) is 30.2 Å². The summed E-state index contributed by atoms with van der Waals surface area (Å²) in [5.74, 6) is -1.48. The van der Waals surface area contributed by atoms with Crippen molar-refractivity contribution in [3.8, 4) is 0 Å². The molecule has 44 heavy (non-hydrogen) atoms. The Morgan fingerprint density at radius 2 is 1.89 bits per heavy atom. The van der Waals surface area contributed by atoms with E-state index in [2.05, 4.69) is 29.9 Å². The van der Waals surface area contributed by atoms with Gasteiger partial charge in [-0.05, 0) is 0 Å². The molecule has 0 radical (unpaired) electrons. The number of aliphatic hydroxyl groups is 3. The molecule has 2 aliphatic rings. The number of anilines is 2. The summed E-state index contributed by atoms with van der Waals surface area (Å²) in [7, 11) is -5.17. The Morgan fingerprint density at radius 3 is 2.66 bits per heavy atom. The molecule has 0 aliphatic carbocycles. The first-order valence-corrected chi connectivity index (χ1v) is 14.6. The predicted octanol–water partition coefficient (Wildman–Crippen LogP) is -1.89. The summed E-state index contributed by atoms with van der Waals surface area (Å²) in [6, 6.07) is 0. The van der Waals surface area contributed by atoms with Gasteiger partial charge in [0.05, 0.1) is 38.1 Å². The Morgan fingerprint density at radius 1 is 1.14 bits per heavy atom. The van der Waals surface area contributed by atoms with Crippen LogP contribution >= 0.6 is 7.82 Å². The summed E-state index contributed by atoms with van der Waals surface area (Å²) in [5.41, 5.74) is 10.6. The SMILES string of the molecule is CC1C(O)COC2C(COP(=O)(O)OC(C(O)n3cnc4c(=O)[nH]c(N)nc43)C1O)OC(n1cnc3c(N)ncnc31)C2F. The van der Waals surface area contributed by atoms with Gasteiger partial charge in [-0.3, -0.25) is 28.0 Å². The average Bonchev–Trinajstić information content (AvgIpc) is 3.68. The van der Waals surface area contributed by atoms with Crippen LogP contribution in [0.15, 0.2) is 23.8 Å². The van der Waals surface area contributed by atoms with Gasteiger partial charge in [-0.1, -0.05) is 6.92 Å². The van der Waals surface area contributed by atoms with E-state index in [1.807, 2.05) is 0 Å². The summed E-state index contributed by atoms with van der Waals surface area (Å²) < 4.78 is 53.0. The number of halogens is 1. The van der Waals surface area contributed by atoms with E-state index in [-0.39, 0.29) is 34.1 Å². The summed E-state index contributed by atoms with van der Waals surface area (Å²) >= 11 is 0. The molecule has 4 aromatic heterocycles. The van der Waals surface area contributed by atoms with Crippen LogP contribution in [0.2, 0.25) is 0 Å². The molecular weight excluding hydrogens is 614 g/mol. The zero-order valence-electron chi connectivity index (χ0n) is 22.7. The van der Waals surface area contributed by atoms with E-state index in [4.69, 9.17) is 30.0 Å². The topological polar surface area (TPSA) is 294 Å². The van der Waals surface area contributed by atoms with Gasteiger partial charge in [-0.2, -0.15) is 4.98 Å². The average molecular weight is 642 g/mol. The van der Waals surface area contributed by atoms with Crippen LogP contribution in [0, 0.1) is 5.92 Å². The molecule has 0 saturated carbocycles. The number of hydrogen-bond acceptors (Lipinski definition) is 16. The standard InChI is InChI=1S/C22H28FN10O10P/c1-7-8(34)2-40-14-9(42-21(10(14)23)33-6-28-11-16(24)26-4-27-17(11)33)3-41-44(38,39)43-15(13(7)35)20(37)32-5-29-12-18(32)30-22(25)31-19(12)36/h4-10,13-15,20-21,34-35,37H,2-3H2,1H3,(H,38,39)(H2,24,26,27)(H3,25,30,31,36). The van der Waals surface area contributed by atoms with Gasteiger partial charge < -0.3 is 41.2 Å². The first-order chi connectivity index (χ1) is 20.9. The highest BCUT2D eigenvalue weighted by atomic mass is 31.2. The second kappa shape index (κ2) is 11.4. The lowest BCUT2D eigenvalue weighted by molar-refractivity contribution is -0.141. The van der Waals surface area contributed by atoms with Crippen LogP contribution in [-0.4, -0.2) is 109 Å². The van der Waals surface area contributed by atoms with Crippen LogP contribution in [0.1, 0.15) is 19.4 Å². The van der Waals surface area contributed by atoms with Gasteiger partial charge in [0, 0.05) is 5.92 Å². The molecule has 2 fully saturated rings. The highest BCUT2D eigenvalue weighted by molar-refractivity contribution is 7.47. The third kappa shape index (κ3) is 5.31. The molecule has 0 amide bonds. The van der Waals surface area contributed by atoms with Crippen molar-refractivity contribution in [2.45, 2.75) is 56.1 Å². The lowest BCUT2D eigenvalue weighted by atomic mass is 9.93. The molecule has 0 spiro atoms. The molecule has 4 aromatic rings. The lowest BCUT2D eigenvalue weighted by Crippen LogP contribution is -2.47. The number of phosphoric ester groups is 1. The van der Waals surface area contributed by atoms with Crippen molar-refractivity contribution in [3.05, 3.63) is 29.3 Å². The summed E-state index contributed by atoms with van der Waals surface area (Å²) in [6.45, 7) is 0.0473. The Kier molecular flexibility index (Phi) is 7.84. The number of nitrogens with two attached hydrogens (primary N) is 2. The summed E-state index contributed by atoms with van der Waals surface area (Å²) in [5, 5.41) is 33.2. The van der Waals surface area contributed by atoms with Gasteiger partial charge in [-0.25, -0.2) is 28.9 Å². The minimum absolute atomic E-state index is 0.0498. The van der Waals surface area contributed by atoms with Crippen molar-refractivity contribution in [2.24, 2.45) is 5.92 Å². The van der Waals surface area contributed by atoms with E-state index in [1.165, 1.54) is 17.8 Å². The van der Waals surface area contributed by atoms with Crippen molar-refractivity contribution in [3.63, 3.8) is 0 Å². The molecule has 6 heterocycles. The van der Waals surface area contributed by atoms with Crippen LogP contribution in [0.5, 0.6) is 0 Å². The second-order valence-corrected chi connectivity index (χ2v) is 11.7. The molecule has 9 N–H and O–H groups in total. The van der Waals surface area contributed by atoms with Crippen molar-refractivity contribution in [2.75, 3.05) is 24.7 Å². The van der Waals surface area contributed by atoms with Crippen molar-refractivity contribution < 1.29 is 47.7 Å². The number of alkyl halides is 1. The number of aromatic nitrogens is 8. The van der Waals surface area contributed by atoms with Crippen LogP contribution in [0.4, 0.5) is 16.2 Å². The van der Waals surface area contributed by atoms with Crippen molar-refractivity contribution in [1.29, 1.82) is 0 Å². The zero-order chi connectivity index (χ0) is 31.5. The van der Waals surface area contributed by atoms with E-state index in [0.717, 1.165) is 17.2 Å². The van der Waals surface area contributed by atoms with E-state index in [9.17, 15) is 29.6 Å². The first kappa shape index (κ1) is 30.4. The van der Waals surface area contributed by atoms with Gasteiger partial charge in [-0.15, -0.1) is 0 Å². The van der Waals surface area contributed by atoms with E-state index in [1.54, 1.807) is 0 Å². The quantitative estimate of drug-likeness (QED) is 0.120. The van der Waals surface area contributed by atoms with E-state index in [0.29, 0.717) is 0 Å². The third-order valence-corrected chi connectivity index (χ3v) is 8.54. The molecule has 22 heteroatoms. The molecule has 10 unspecified atom stereocenters. The fraction of sp³-hybridized carbons (Fsp3) is 0.545. The summed E-state index contributed by atoms with van der Waals surface area (Å²) in [6.07, 6.45) is -10.0. The largest absolute Gasteiger partial charge is 0.472 e. The molecule has 0 aromatic carbocycles. The van der Waals surface area contributed by atoms with Gasteiger partial charge >= 0.3 is 7.82 Å². The van der Waals surface area contributed by atoms with Crippen LogP contribution in [-0.2, 0) is 23.1 Å². The van der Waals surface area contributed by atoms with Gasteiger partial charge in [0.15, 0.2) is 41.3 Å². The number of aromatic amines is 1. The maximum atomic E-state index is 15.8. The number of nitrogens with one attached hydrogen (secondary N) is 1. The first-order valence-electron chi connectivity index (χ1n) is 13.1. The maximum absolute atomic E-state index is 15.8. The van der Waals surface area contributed by atoms with Crippen LogP contribution in [0.3, 0.4) is 0 Å². The van der Waals surface area contributed by atoms with Crippen molar-refractivity contribution in [1.82, 2.24) is 39.0 Å². The Hall–Kier alpha value is -3.66. The minimum atomic E-state index is -5.17. The number of imidazole rings is 2. The van der Waals surface area contributed by atoms with Gasteiger partial charge in [0.25, 0.3) is 5.56 Å². The lowest BCUT2D eigenvalue weighted by Gasteiger charge is -2.35. The van der Waals surface area contributed by atoms with Crippen LogP contribution in [0.25, 0.3) is 22.3 Å². The molecular formula is C22H28FN10O10P. The number of hydrogen-bond donors (Lipinski definition) is 7. The predicted molar refractivity (Wildman–Crippen MR) is 144 cm³/mol.